The average molecular weight is 315 g/mol. The third-order valence-corrected chi connectivity index (χ3v) is 2.95. The minimum atomic E-state index is -0.579. The third kappa shape index (κ3) is 3.62. The first-order valence-electron chi connectivity index (χ1n) is 5.58. The van der Waals surface area contributed by atoms with Gasteiger partial charge in [-0.05, 0) is 18.2 Å². The first-order chi connectivity index (χ1) is 9.09. The van der Waals surface area contributed by atoms with Crippen molar-refractivity contribution in [2.24, 2.45) is 5.73 Å². The maximum absolute atomic E-state index is 13.6. The molecule has 0 fully saturated rings. The van der Waals surface area contributed by atoms with Gasteiger partial charge in [0.05, 0.1) is 5.56 Å². The van der Waals surface area contributed by atoms with E-state index >= 15 is 0 Å². The van der Waals surface area contributed by atoms with E-state index in [4.69, 9.17) is 27.5 Å². The van der Waals surface area contributed by atoms with Crippen LogP contribution in [0.2, 0.25) is 5.02 Å². The Morgan fingerprint density at radius 1 is 1.20 bits per heavy atom. The molecule has 0 spiro atoms. The molecule has 0 aromatic heterocycles. The number of nitrogens with one attached hydrogen (secondary N) is 1. The largest absolute Gasteiger partial charge is 0.488 e. The lowest BCUT2D eigenvalue weighted by atomic mass is 10.1. The van der Waals surface area contributed by atoms with Gasteiger partial charge in [-0.1, -0.05) is 35.9 Å². The number of ether oxygens (including phenoxy) is 1. The Balaban J connectivity index is 0.00000200. The van der Waals surface area contributed by atoms with Gasteiger partial charge in [0.2, 0.25) is 0 Å². The van der Waals surface area contributed by atoms with E-state index < -0.39 is 5.82 Å². The zero-order chi connectivity index (χ0) is 13.8. The minimum Gasteiger partial charge on any atom is -0.488 e. The Morgan fingerprint density at radius 2 is 1.90 bits per heavy atom. The Hall–Kier alpha value is -1.78. The highest BCUT2D eigenvalue weighted by atomic mass is 35.5. The summed E-state index contributed by atoms with van der Waals surface area (Å²) in [7, 11) is 0. The summed E-state index contributed by atoms with van der Waals surface area (Å²) in [6.07, 6.45) is 0. The van der Waals surface area contributed by atoms with Gasteiger partial charge < -0.3 is 10.5 Å². The summed E-state index contributed by atoms with van der Waals surface area (Å²) >= 11 is 6.00. The van der Waals surface area contributed by atoms with Crippen LogP contribution in [0.4, 0.5) is 4.39 Å². The van der Waals surface area contributed by atoms with Crippen molar-refractivity contribution >= 4 is 29.8 Å². The van der Waals surface area contributed by atoms with E-state index in [1.807, 2.05) is 18.2 Å². The fraction of sp³-hybridized carbons (Fsp3) is 0.0714. The molecule has 0 aliphatic heterocycles. The van der Waals surface area contributed by atoms with E-state index in [1.54, 1.807) is 12.1 Å². The number of halogens is 3. The maximum Gasteiger partial charge on any atom is 0.137 e. The van der Waals surface area contributed by atoms with Crippen LogP contribution in [0.15, 0.2) is 42.5 Å². The lowest BCUT2D eigenvalue weighted by Crippen LogP contribution is -2.15. The Bertz CT molecular complexity index is 620. The van der Waals surface area contributed by atoms with E-state index in [0.29, 0.717) is 5.02 Å². The van der Waals surface area contributed by atoms with E-state index in [-0.39, 0.29) is 36.2 Å². The monoisotopic (exact) mass is 314 g/mol. The molecule has 0 saturated carbocycles. The molecule has 106 valence electrons. The molecule has 0 heterocycles. The van der Waals surface area contributed by atoms with Gasteiger partial charge in [0.1, 0.15) is 24.0 Å². The maximum atomic E-state index is 13.6. The van der Waals surface area contributed by atoms with E-state index in [9.17, 15) is 4.39 Å². The molecular formula is C14H13Cl2FN2O. The molecule has 0 bridgehead atoms. The first-order valence-corrected chi connectivity index (χ1v) is 5.96. The van der Waals surface area contributed by atoms with Crippen LogP contribution < -0.4 is 10.5 Å². The smallest absolute Gasteiger partial charge is 0.137 e. The molecule has 0 unspecified atom stereocenters. The highest BCUT2D eigenvalue weighted by Crippen LogP contribution is 2.23. The SMILES string of the molecule is Cl.N=C(N)c1c(F)cccc1OCc1ccccc1Cl. The third-order valence-electron chi connectivity index (χ3n) is 2.59. The van der Waals surface area contributed by atoms with Crippen LogP contribution in [0.5, 0.6) is 5.75 Å². The van der Waals surface area contributed by atoms with Crippen molar-refractivity contribution < 1.29 is 9.13 Å². The molecule has 0 saturated heterocycles. The summed E-state index contributed by atoms with van der Waals surface area (Å²) in [6.45, 7) is 0.184. The van der Waals surface area contributed by atoms with Crippen molar-refractivity contribution in [3.63, 3.8) is 0 Å². The van der Waals surface area contributed by atoms with Crippen LogP contribution in [0.25, 0.3) is 0 Å². The Morgan fingerprint density at radius 3 is 2.55 bits per heavy atom. The average Bonchev–Trinajstić information content (AvgIpc) is 2.37. The predicted octanol–water partition coefficient (Wildman–Crippen LogP) is 3.76. The molecule has 0 aliphatic rings. The molecule has 0 amide bonds. The fourth-order valence-electron chi connectivity index (χ4n) is 1.66. The number of rotatable bonds is 4. The lowest BCUT2D eigenvalue weighted by Gasteiger charge is -2.12. The predicted molar refractivity (Wildman–Crippen MR) is 80.4 cm³/mol. The highest BCUT2D eigenvalue weighted by molar-refractivity contribution is 6.31. The minimum absolute atomic E-state index is 0. The number of amidine groups is 1. The second-order valence-electron chi connectivity index (χ2n) is 3.91. The molecule has 0 radical (unpaired) electrons. The fourth-order valence-corrected chi connectivity index (χ4v) is 1.85. The van der Waals surface area contributed by atoms with Crippen LogP contribution in [-0.4, -0.2) is 5.84 Å². The summed E-state index contributed by atoms with van der Waals surface area (Å²) in [5.74, 6) is -0.719. The topological polar surface area (TPSA) is 59.1 Å². The zero-order valence-electron chi connectivity index (χ0n) is 10.4. The van der Waals surface area contributed by atoms with Gasteiger partial charge in [0.15, 0.2) is 0 Å². The van der Waals surface area contributed by atoms with Gasteiger partial charge in [-0.3, -0.25) is 5.41 Å². The molecule has 2 aromatic carbocycles. The van der Waals surface area contributed by atoms with Gasteiger partial charge >= 0.3 is 0 Å². The number of benzene rings is 2. The van der Waals surface area contributed by atoms with Crippen LogP contribution >= 0.6 is 24.0 Å². The summed E-state index contributed by atoms with van der Waals surface area (Å²) in [5.41, 5.74) is 6.10. The quantitative estimate of drug-likeness (QED) is 0.666. The normalized spacial score (nSPS) is 9.70. The summed E-state index contributed by atoms with van der Waals surface area (Å²) < 4.78 is 19.1. The summed E-state index contributed by atoms with van der Waals surface area (Å²) in [4.78, 5) is 0. The number of hydrogen-bond donors (Lipinski definition) is 2. The van der Waals surface area contributed by atoms with Crippen LogP contribution in [0.3, 0.4) is 0 Å². The molecular weight excluding hydrogens is 302 g/mol. The molecule has 2 aromatic rings. The lowest BCUT2D eigenvalue weighted by molar-refractivity contribution is 0.304. The molecule has 3 N–H and O–H groups in total. The number of nitrogen functional groups attached to an aromatic ring is 1. The first kappa shape index (κ1) is 16.3. The second-order valence-corrected chi connectivity index (χ2v) is 4.31. The van der Waals surface area contributed by atoms with Crippen molar-refractivity contribution in [3.8, 4) is 5.75 Å². The number of hydrogen-bond acceptors (Lipinski definition) is 2. The second kappa shape index (κ2) is 7.12. The van der Waals surface area contributed by atoms with Crippen LogP contribution in [-0.2, 0) is 6.61 Å². The Kier molecular flexibility index (Phi) is 5.80. The molecule has 6 heteroatoms. The Labute approximate surface area is 127 Å². The van der Waals surface area contributed by atoms with Crippen LogP contribution in [0, 0.1) is 11.2 Å². The van der Waals surface area contributed by atoms with Crippen molar-refractivity contribution in [1.29, 1.82) is 5.41 Å². The van der Waals surface area contributed by atoms with Crippen molar-refractivity contribution in [1.82, 2.24) is 0 Å². The standard InChI is InChI=1S/C14H12ClFN2O.ClH/c15-10-5-2-1-4-9(10)8-19-12-7-3-6-11(16)13(12)14(17)18;/h1-7H,8H2,(H3,17,18);1H. The van der Waals surface area contributed by atoms with Gasteiger partial charge in [0, 0.05) is 10.6 Å². The zero-order valence-corrected chi connectivity index (χ0v) is 12.0. The van der Waals surface area contributed by atoms with Crippen LogP contribution in [0.1, 0.15) is 11.1 Å². The summed E-state index contributed by atoms with van der Waals surface area (Å²) in [6, 6.07) is 11.5. The molecule has 3 nitrogen and oxygen atoms in total. The van der Waals surface area contributed by atoms with E-state index in [1.165, 1.54) is 12.1 Å². The van der Waals surface area contributed by atoms with E-state index in [0.717, 1.165) is 5.56 Å². The molecule has 2 rings (SSSR count). The van der Waals surface area contributed by atoms with Gasteiger partial charge in [-0.2, -0.15) is 0 Å². The van der Waals surface area contributed by atoms with Crippen molar-refractivity contribution in [2.45, 2.75) is 6.61 Å². The summed E-state index contributed by atoms with van der Waals surface area (Å²) in [5, 5.41) is 7.95. The van der Waals surface area contributed by atoms with Crippen molar-refractivity contribution in [3.05, 3.63) is 64.4 Å². The highest BCUT2D eigenvalue weighted by Gasteiger charge is 2.12. The molecule has 0 aliphatic carbocycles. The van der Waals surface area contributed by atoms with Crippen molar-refractivity contribution in [2.75, 3.05) is 0 Å². The molecule has 20 heavy (non-hydrogen) atoms. The van der Waals surface area contributed by atoms with Gasteiger partial charge in [-0.15, -0.1) is 12.4 Å². The number of nitrogens with two attached hydrogens (primary N) is 1. The molecule has 0 atom stereocenters. The van der Waals surface area contributed by atoms with Gasteiger partial charge in [0.25, 0.3) is 0 Å². The van der Waals surface area contributed by atoms with Gasteiger partial charge in [-0.25, -0.2) is 4.39 Å². The van der Waals surface area contributed by atoms with E-state index in [2.05, 4.69) is 0 Å².